The number of rotatable bonds is 11. The maximum atomic E-state index is 5.85. The molecule has 0 saturated carbocycles. The zero-order valence-electron chi connectivity index (χ0n) is 14.5. The lowest BCUT2D eigenvalue weighted by Gasteiger charge is -2.22. The van der Waals surface area contributed by atoms with Gasteiger partial charge in [-0.05, 0) is 58.4 Å². The Morgan fingerprint density at radius 3 is 2.09 bits per heavy atom. The molecule has 0 aliphatic carbocycles. The third kappa shape index (κ3) is 8.25. The van der Waals surface area contributed by atoms with Gasteiger partial charge in [-0.15, -0.1) is 0 Å². The maximum Gasteiger partial charge on any atom is 0.223 e. The van der Waals surface area contributed by atoms with Crippen LogP contribution in [-0.2, 0) is 9.47 Å². The molecule has 1 unspecified atom stereocenters. The minimum Gasteiger partial charge on any atom is -0.494 e. The van der Waals surface area contributed by atoms with E-state index in [9.17, 15) is 0 Å². The van der Waals surface area contributed by atoms with E-state index in [0.717, 1.165) is 30.9 Å². The first-order valence-corrected chi connectivity index (χ1v) is 8.17. The van der Waals surface area contributed by atoms with Crippen molar-refractivity contribution in [2.45, 2.75) is 66.0 Å². The first kappa shape index (κ1) is 18.8. The van der Waals surface area contributed by atoms with Crippen molar-refractivity contribution >= 4 is 0 Å². The summed E-state index contributed by atoms with van der Waals surface area (Å²) in [6.07, 6.45) is 2.02. The number of hydrogen-bond donors (Lipinski definition) is 0. The molecule has 0 fully saturated rings. The van der Waals surface area contributed by atoms with Crippen LogP contribution in [0.15, 0.2) is 24.3 Å². The second-order valence-corrected chi connectivity index (χ2v) is 5.79. The molecule has 0 bridgehead atoms. The van der Waals surface area contributed by atoms with Crippen molar-refractivity contribution in [3.05, 3.63) is 24.3 Å². The van der Waals surface area contributed by atoms with E-state index in [0.29, 0.717) is 6.61 Å². The van der Waals surface area contributed by atoms with E-state index in [-0.39, 0.29) is 12.2 Å². The van der Waals surface area contributed by atoms with Crippen LogP contribution in [0.25, 0.3) is 0 Å². The highest BCUT2D eigenvalue weighted by Crippen LogP contribution is 2.20. The Labute approximate surface area is 134 Å². The molecule has 1 rings (SSSR count). The van der Waals surface area contributed by atoms with Gasteiger partial charge in [0, 0.05) is 0 Å². The van der Waals surface area contributed by atoms with Gasteiger partial charge in [-0.3, -0.25) is 0 Å². The van der Waals surface area contributed by atoms with Crippen LogP contribution in [0.4, 0.5) is 0 Å². The maximum absolute atomic E-state index is 5.85. The van der Waals surface area contributed by atoms with Gasteiger partial charge in [-0.1, -0.05) is 13.3 Å². The Hall–Kier alpha value is -1.26. The zero-order chi connectivity index (χ0) is 16.4. The lowest BCUT2D eigenvalue weighted by Crippen LogP contribution is -2.30. The van der Waals surface area contributed by atoms with Gasteiger partial charge in [0.15, 0.2) is 0 Å². The van der Waals surface area contributed by atoms with E-state index in [1.165, 1.54) is 0 Å². The normalized spacial score (nSPS) is 12.7. The van der Waals surface area contributed by atoms with Crippen LogP contribution >= 0.6 is 0 Å². The Balaban J connectivity index is 2.52. The van der Waals surface area contributed by atoms with E-state index >= 15 is 0 Å². The third-order valence-electron chi connectivity index (χ3n) is 2.85. The van der Waals surface area contributed by atoms with Gasteiger partial charge in [-0.2, -0.15) is 0 Å². The fourth-order valence-electron chi connectivity index (χ4n) is 1.78. The number of unbranched alkanes of at least 4 members (excludes halogenated alkanes) is 1. The highest BCUT2D eigenvalue weighted by Gasteiger charge is 2.14. The molecule has 0 aliphatic rings. The summed E-state index contributed by atoms with van der Waals surface area (Å²) in [6.45, 7) is 11.3. The van der Waals surface area contributed by atoms with Crippen LogP contribution in [-0.4, -0.2) is 31.7 Å². The Kier molecular flexibility index (Phi) is 8.94. The van der Waals surface area contributed by atoms with Gasteiger partial charge in [-0.25, -0.2) is 0 Å². The average Bonchev–Trinajstić information content (AvgIpc) is 2.46. The van der Waals surface area contributed by atoms with Gasteiger partial charge in [0.25, 0.3) is 0 Å². The van der Waals surface area contributed by atoms with Crippen LogP contribution in [0.2, 0.25) is 0 Å². The second-order valence-electron chi connectivity index (χ2n) is 5.79. The standard InChI is InChI=1S/C18H30O4/c1-6-7-12-19-16-8-10-17(11-9-16)22-18(21-15(4)5)13-20-14(2)3/h8-11,14-15,18H,6-7,12-13H2,1-5H3. The van der Waals surface area contributed by atoms with Crippen LogP contribution < -0.4 is 9.47 Å². The summed E-state index contributed by atoms with van der Waals surface area (Å²) < 4.78 is 22.8. The van der Waals surface area contributed by atoms with Crippen LogP contribution in [0.1, 0.15) is 47.5 Å². The molecule has 0 spiro atoms. The molecule has 0 aliphatic heterocycles. The predicted octanol–water partition coefficient (Wildman–Crippen LogP) is 4.42. The summed E-state index contributed by atoms with van der Waals surface area (Å²) in [6, 6.07) is 7.63. The highest BCUT2D eigenvalue weighted by atomic mass is 16.7. The van der Waals surface area contributed by atoms with Gasteiger partial charge < -0.3 is 18.9 Å². The van der Waals surface area contributed by atoms with E-state index < -0.39 is 6.29 Å². The van der Waals surface area contributed by atoms with E-state index in [1.807, 2.05) is 52.0 Å². The quantitative estimate of drug-likeness (QED) is 0.448. The first-order chi connectivity index (χ1) is 10.5. The van der Waals surface area contributed by atoms with Crippen molar-refractivity contribution < 1.29 is 18.9 Å². The zero-order valence-corrected chi connectivity index (χ0v) is 14.5. The third-order valence-corrected chi connectivity index (χ3v) is 2.85. The van der Waals surface area contributed by atoms with Crippen LogP contribution in [0.5, 0.6) is 11.5 Å². The molecule has 4 heteroatoms. The smallest absolute Gasteiger partial charge is 0.223 e. The second kappa shape index (κ2) is 10.5. The molecular formula is C18H30O4. The molecule has 1 atom stereocenters. The monoisotopic (exact) mass is 310 g/mol. The first-order valence-electron chi connectivity index (χ1n) is 8.17. The molecule has 1 aromatic carbocycles. The van der Waals surface area contributed by atoms with Gasteiger partial charge in [0.1, 0.15) is 18.1 Å². The fourth-order valence-corrected chi connectivity index (χ4v) is 1.78. The lowest BCUT2D eigenvalue weighted by molar-refractivity contribution is -0.149. The van der Waals surface area contributed by atoms with Crippen molar-refractivity contribution in [3.8, 4) is 11.5 Å². The molecular weight excluding hydrogens is 280 g/mol. The van der Waals surface area contributed by atoms with Gasteiger partial charge >= 0.3 is 0 Å². The molecule has 0 heterocycles. The number of hydrogen-bond acceptors (Lipinski definition) is 4. The molecule has 4 nitrogen and oxygen atoms in total. The minimum absolute atomic E-state index is 0.0809. The minimum atomic E-state index is -0.408. The average molecular weight is 310 g/mol. The largest absolute Gasteiger partial charge is 0.494 e. The summed E-state index contributed by atoms with van der Waals surface area (Å²) in [5, 5.41) is 0. The highest BCUT2D eigenvalue weighted by molar-refractivity contribution is 5.31. The van der Waals surface area contributed by atoms with E-state index in [2.05, 4.69) is 6.92 Å². The van der Waals surface area contributed by atoms with Crippen molar-refractivity contribution in [1.29, 1.82) is 0 Å². The van der Waals surface area contributed by atoms with Crippen molar-refractivity contribution in [3.63, 3.8) is 0 Å². The lowest BCUT2D eigenvalue weighted by atomic mass is 10.3. The van der Waals surface area contributed by atoms with E-state index in [4.69, 9.17) is 18.9 Å². The fraction of sp³-hybridized carbons (Fsp3) is 0.667. The van der Waals surface area contributed by atoms with Crippen LogP contribution in [0.3, 0.4) is 0 Å². The Morgan fingerprint density at radius 1 is 0.909 bits per heavy atom. The molecule has 0 radical (unpaired) electrons. The Bertz CT molecular complexity index is 387. The van der Waals surface area contributed by atoms with Crippen molar-refractivity contribution in [2.75, 3.05) is 13.2 Å². The molecule has 22 heavy (non-hydrogen) atoms. The number of benzene rings is 1. The van der Waals surface area contributed by atoms with Crippen LogP contribution in [0, 0.1) is 0 Å². The summed E-state index contributed by atoms with van der Waals surface area (Å²) >= 11 is 0. The summed E-state index contributed by atoms with van der Waals surface area (Å²) in [4.78, 5) is 0. The molecule has 1 aromatic rings. The topological polar surface area (TPSA) is 36.9 Å². The molecule has 126 valence electrons. The van der Waals surface area contributed by atoms with Crippen molar-refractivity contribution in [1.82, 2.24) is 0 Å². The molecule has 0 amide bonds. The summed E-state index contributed by atoms with van der Waals surface area (Å²) in [5.41, 5.74) is 0. The number of ether oxygens (including phenoxy) is 4. The molecule has 0 saturated heterocycles. The summed E-state index contributed by atoms with van der Waals surface area (Å²) in [7, 11) is 0. The van der Waals surface area contributed by atoms with E-state index in [1.54, 1.807) is 0 Å². The van der Waals surface area contributed by atoms with Crippen molar-refractivity contribution in [2.24, 2.45) is 0 Å². The van der Waals surface area contributed by atoms with Gasteiger partial charge in [0.2, 0.25) is 6.29 Å². The predicted molar refractivity (Wildman–Crippen MR) is 88.6 cm³/mol. The Morgan fingerprint density at radius 2 is 1.55 bits per heavy atom. The van der Waals surface area contributed by atoms with Gasteiger partial charge in [0.05, 0.1) is 18.8 Å². The SMILES string of the molecule is CCCCOc1ccc(OC(COC(C)C)OC(C)C)cc1. The summed E-state index contributed by atoms with van der Waals surface area (Å²) in [5.74, 6) is 1.61. The molecule has 0 aromatic heterocycles. The molecule has 0 N–H and O–H groups in total.